The molecule has 108 valence electrons. The maximum Gasteiger partial charge on any atom is 0.416 e. The minimum absolute atomic E-state index is 0.0157. The fourth-order valence-corrected chi connectivity index (χ4v) is 2.28. The van der Waals surface area contributed by atoms with Gasteiger partial charge in [0.15, 0.2) is 0 Å². The molecule has 2 rings (SSSR count). The molecular formula is C12H7F3IN5. The van der Waals surface area contributed by atoms with Gasteiger partial charge >= 0.3 is 6.18 Å². The quantitative estimate of drug-likeness (QED) is 0.711. The van der Waals surface area contributed by atoms with Crippen LogP contribution in [0.2, 0.25) is 0 Å². The summed E-state index contributed by atoms with van der Waals surface area (Å²) in [4.78, 5) is 7.48. The molecule has 0 aliphatic carbocycles. The lowest BCUT2D eigenvalue weighted by molar-refractivity contribution is -0.137. The van der Waals surface area contributed by atoms with Crippen LogP contribution in [-0.2, 0) is 6.18 Å². The van der Waals surface area contributed by atoms with Gasteiger partial charge < -0.3 is 11.5 Å². The van der Waals surface area contributed by atoms with Gasteiger partial charge in [-0.15, -0.1) is 0 Å². The third-order valence-corrected chi connectivity index (χ3v) is 3.56. The van der Waals surface area contributed by atoms with E-state index in [-0.39, 0.29) is 28.6 Å². The second kappa shape index (κ2) is 5.36. The summed E-state index contributed by atoms with van der Waals surface area (Å²) in [5, 5.41) is 9.10. The Labute approximate surface area is 130 Å². The Morgan fingerprint density at radius 3 is 2.43 bits per heavy atom. The number of nitrogen functional groups attached to an aromatic ring is 2. The number of nitriles is 1. The highest BCUT2D eigenvalue weighted by atomic mass is 127. The van der Waals surface area contributed by atoms with Gasteiger partial charge in [0.2, 0.25) is 5.95 Å². The zero-order valence-corrected chi connectivity index (χ0v) is 12.4. The van der Waals surface area contributed by atoms with Gasteiger partial charge in [-0.2, -0.15) is 23.4 Å². The van der Waals surface area contributed by atoms with E-state index in [0.717, 1.165) is 12.1 Å². The first-order chi connectivity index (χ1) is 9.74. The van der Waals surface area contributed by atoms with Gasteiger partial charge in [0.1, 0.15) is 17.5 Å². The Kier molecular flexibility index (Phi) is 3.91. The summed E-state index contributed by atoms with van der Waals surface area (Å²) in [7, 11) is 0. The molecule has 4 N–H and O–H groups in total. The van der Waals surface area contributed by atoms with Crippen LogP contribution < -0.4 is 11.5 Å². The highest BCUT2D eigenvalue weighted by molar-refractivity contribution is 14.1. The van der Waals surface area contributed by atoms with Crippen molar-refractivity contribution in [2.45, 2.75) is 6.18 Å². The van der Waals surface area contributed by atoms with Gasteiger partial charge in [0.25, 0.3) is 0 Å². The highest BCUT2D eigenvalue weighted by Gasteiger charge is 2.31. The minimum Gasteiger partial charge on any atom is -0.382 e. The topological polar surface area (TPSA) is 102 Å². The lowest BCUT2D eigenvalue weighted by Gasteiger charge is -2.12. The van der Waals surface area contributed by atoms with Crippen LogP contribution in [0.25, 0.3) is 11.3 Å². The van der Waals surface area contributed by atoms with Crippen molar-refractivity contribution in [2.24, 2.45) is 0 Å². The maximum atomic E-state index is 12.8. The molecule has 9 heteroatoms. The summed E-state index contributed by atoms with van der Waals surface area (Å²) in [6, 6.07) is 4.93. The van der Waals surface area contributed by atoms with Crippen LogP contribution in [0, 0.1) is 14.9 Å². The predicted octanol–water partition coefficient (Wildman–Crippen LogP) is 2.80. The standard InChI is InChI=1S/C12H7F3IN5/c13-12(14,15)5-1-2-8(16)6(3-5)9-7(4-17)10(18)21-11(19)20-9/h1-3H,(H4,18,19,20,21). The van der Waals surface area contributed by atoms with Crippen LogP contribution in [0.15, 0.2) is 18.2 Å². The van der Waals surface area contributed by atoms with Crippen molar-refractivity contribution >= 4 is 34.4 Å². The zero-order valence-electron chi connectivity index (χ0n) is 10.2. The van der Waals surface area contributed by atoms with Crippen molar-refractivity contribution in [3.8, 4) is 17.3 Å². The third-order valence-electron chi connectivity index (χ3n) is 2.61. The average molecular weight is 405 g/mol. The molecule has 5 nitrogen and oxygen atoms in total. The lowest BCUT2D eigenvalue weighted by atomic mass is 10.0. The molecule has 1 heterocycles. The van der Waals surface area contributed by atoms with Gasteiger partial charge in [-0.3, -0.25) is 0 Å². The van der Waals surface area contributed by atoms with Gasteiger partial charge in [0.05, 0.1) is 11.3 Å². The third kappa shape index (κ3) is 2.99. The van der Waals surface area contributed by atoms with E-state index in [1.165, 1.54) is 6.07 Å². The van der Waals surface area contributed by atoms with E-state index in [9.17, 15) is 13.2 Å². The molecule has 0 aliphatic rings. The van der Waals surface area contributed by atoms with Crippen molar-refractivity contribution in [1.29, 1.82) is 5.26 Å². The molecule has 0 amide bonds. The summed E-state index contributed by atoms with van der Waals surface area (Å²) >= 11 is 1.85. The first kappa shape index (κ1) is 15.3. The van der Waals surface area contributed by atoms with Crippen LogP contribution >= 0.6 is 22.6 Å². The molecule has 1 aromatic heterocycles. The number of nitrogens with zero attached hydrogens (tertiary/aromatic N) is 3. The molecule has 0 saturated heterocycles. The zero-order chi connectivity index (χ0) is 15.8. The average Bonchev–Trinajstić information content (AvgIpc) is 2.37. The highest BCUT2D eigenvalue weighted by Crippen LogP contribution is 2.35. The number of benzene rings is 1. The maximum absolute atomic E-state index is 12.8. The molecule has 0 spiro atoms. The summed E-state index contributed by atoms with van der Waals surface area (Å²) < 4.78 is 38.9. The normalized spacial score (nSPS) is 11.2. The van der Waals surface area contributed by atoms with Crippen LogP contribution in [0.5, 0.6) is 0 Å². The van der Waals surface area contributed by atoms with Gasteiger partial charge in [-0.25, -0.2) is 4.98 Å². The van der Waals surface area contributed by atoms with Crippen molar-refractivity contribution < 1.29 is 13.2 Å². The molecule has 0 unspecified atom stereocenters. The van der Waals surface area contributed by atoms with Crippen LogP contribution in [0.1, 0.15) is 11.1 Å². The van der Waals surface area contributed by atoms with E-state index < -0.39 is 11.7 Å². The fraction of sp³-hybridized carbons (Fsp3) is 0.0833. The number of alkyl halides is 3. The van der Waals surface area contributed by atoms with E-state index in [4.69, 9.17) is 16.7 Å². The molecule has 0 radical (unpaired) electrons. The Balaban J connectivity index is 2.76. The van der Waals surface area contributed by atoms with E-state index in [0.29, 0.717) is 3.57 Å². The number of anilines is 2. The number of rotatable bonds is 1. The van der Waals surface area contributed by atoms with Crippen molar-refractivity contribution in [3.63, 3.8) is 0 Å². The molecule has 2 aromatic rings. The molecule has 0 aliphatic heterocycles. The number of aromatic nitrogens is 2. The molecule has 21 heavy (non-hydrogen) atoms. The molecule has 0 fully saturated rings. The van der Waals surface area contributed by atoms with E-state index in [2.05, 4.69) is 9.97 Å². The number of hydrogen-bond donors (Lipinski definition) is 2. The summed E-state index contributed by atoms with van der Waals surface area (Å²) in [5.74, 6) is -0.386. The molecular weight excluding hydrogens is 398 g/mol. The van der Waals surface area contributed by atoms with E-state index in [1.54, 1.807) is 6.07 Å². The summed E-state index contributed by atoms with van der Waals surface area (Å²) in [5.41, 5.74) is 10.2. The van der Waals surface area contributed by atoms with Crippen LogP contribution in [-0.4, -0.2) is 9.97 Å². The fourth-order valence-electron chi connectivity index (χ4n) is 1.68. The first-order valence-electron chi connectivity index (χ1n) is 5.44. The number of hydrogen-bond acceptors (Lipinski definition) is 5. The van der Waals surface area contributed by atoms with Crippen molar-refractivity contribution in [3.05, 3.63) is 32.9 Å². The molecule has 0 saturated carbocycles. The van der Waals surface area contributed by atoms with Gasteiger partial charge in [-0.05, 0) is 40.8 Å². The van der Waals surface area contributed by atoms with Crippen LogP contribution in [0.3, 0.4) is 0 Å². The largest absolute Gasteiger partial charge is 0.416 e. The molecule has 0 atom stereocenters. The second-order valence-electron chi connectivity index (χ2n) is 3.99. The second-order valence-corrected chi connectivity index (χ2v) is 5.16. The van der Waals surface area contributed by atoms with Crippen LogP contribution in [0.4, 0.5) is 24.9 Å². The lowest BCUT2D eigenvalue weighted by Crippen LogP contribution is -2.08. The van der Waals surface area contributed by atoms with Gasteiger partial charge in [0, 0.05) is 9.13 Å². The number of halogens is 4. The first-order valence-corrected chi connectivity index (χ1v) is 6.52. The Bertz CT molecular complexity index is 752. The Morgan fingerprint density at radius 2 is 1.86 bits per heavy atom. The summed E-state index contributed by atoms with van der Waals surface area (Å²) in [6.45, 7) is 0. The minimum atomic E-state index is -4.50. The Morgan fingerprint density at radius 1 is 1.19 bits per heavy atom. The molecule has 1 aromatic carbocycles. The molecule has 0 bridgehead atoms. The Hall–Kier alpha value is -2.09. The summed E-state index contributed by atoms with van der Waals surface area (Å²) in [6.07, 6.45) is -4.50. The van der Waals surface area contributed by atoms with Gasteiger partial charge in [-0.1, -0.05) is 0 Å². The van der Waals surface area contributed by atoms with E-state index >= 15 is 0 Å². The SMILES string of the molecule is N#Cc1c(N)nc(N)nc1-c1cc(C(F)(F)F)ccc1I. The monoisotopic (exact) mass is 405 g/mol. The number of nitrogens with two attached hydrogens (primary N) is 2. The smallest absolute Gasteiger partial charge is 0.382 e. The predicted molar refractivity (Wildman–Crippen MR) is 78.7 cm³/mol. The van der Waals surface area contributed by atoms with Crippen molar-refractivity contribution in [1.82, 2.24) is 9.97 Å². The van der Waals surface area contributed by atoms with E-state index in [1.807, 2.05) is 22.6 Å². The van der Waals surface area contributed by atoms with Crippen molar-refractivity contribution in [2.75, 3.05) is 11.5 Å².